The van der Waals surface area contributed by atoms with Crippen molar-refractivity contribution in [3.05, 3.63) is 57.1 Å². The molecule has 9 nitrogen and oxygen atoms in total. The molecular formula is C20H23ClN6O3. The molecule has 3 aromatic rings. The van der Waals surface area contributed by atoms with Gasteiger partial charge in [0.15, 0.2) is 0 Å². The molecule has 158 valence electrons. The number of H-pyrrole nitrogens is 1. The molecule has 3 rings (SSSR count). The van der Waals surface area contributed by atoms with Gasteiger partial charge in [0.05, 0.1) is 18.5 Å². The Morgan fingerprint density at radius 2 is 1.93 bits per heavy atom. The van der Waals surface area contributed by atoms with E-state index in [2.05, 4.69) is 25.7 Å². The number of urea groups is 1. The minimum Gasteiger partial charge on any atom is -0.495 e. The van der Waals surface area contributed by atoms with Crippen molar-refractivity contribution in [1.29, 1.82) is 0 Å². The molecule has 30 heavy (non-hydrogen) atoms. The van der Waals surface area contributed by atoms with Crippen molar-refractivity contribution in [1.82, 2.24) is 19.7 Å². The summed E-state index contributed by atoms with van der Waals surface area (Å²) in [7, 11) is 1.50. The van der Waals surface area contributed by atoms with Crippen molar-refractivity contribution >= 4 is 29.1 Å². The number of nitrogens with one attached hydrogen (secondary N) is 3. The van der Waals surface area contributed by atoms with Gasteiger partial charge in [-0.15, -0.1) is 0 Å². The zero-order valence-corrected chi connectivity index (χ0v) is 18.1. The van der Waals surface area contributed by atoms with E-state index >= 15 is 0 Å². The quantitative estimate of drug-likeness (QED) is 0.581. The highest BCUT2D eigenvalue weighted by Gasteiger charge is 2.22. The predicted molar refractivity (Wildman–Crippen MR) is 116 cm³/mol. The van der Waals surface area contributed by atoms with E-state index in [-0.39, 0.29) is 16.9 Å². The average Bonchev–Trinajstić information content (AvgIpc) is 3.05. The van der Waals surface area contributed by atoms with E-state index in [0.717, 1.165) is 0 Å². The van der Waals surface area contributed by atoms with E-state index in [4.69, 9.17) is 16.3 Å². The third-order valence-electron chi connectivity index (χ3n) is 4.19. The van der Waals surface area contributed by atoms with Gasteiger partial charge in [-0.1, -0.05) is 32.4 Å². The van der Waals surface area contributed by atoms with Crippen LogP contribution in [0.3, 0.4) is 0 Å². The molecule has 0 radical (unpaired) electrons. The molecule has 0 fully saturated rings. The fraction of sp³-hybridized carbons (Fsp3) is 0.300. The summed E-state index contributed by atoms with van der Waals surface area (Å²) in [5, 5.41) is 10.4. The standard InChI is InChI=1S/C20H23ClN6O3/c1-11-8-17(28)25-18(22-11)27-16(10-15(26-27)20(2,3)4)24-19(29)23-13-9-12(21)6-7-14(13)30-5/h6-10H,1-5H3,(H,22,25,28)(H2,23,24,29). The van der Waals surface area contributed by atoms with Gasteiger partial charge in [-0.2, -0.15) is 9.78 Å². The van der Waals surface area contributed by atoms with Gasteiger partial charge in [0.2, 0.25) is 5.95 Å². The normalized spacial score (nSPS) is 11.3. The number of benzene rings is 1. The first kappa shape index (κ1) is 21.4. The smallest absolute Gasteiger partial charge is 0.324 e. The summed E-state index contributed by atoms with van der Waals surface area (Å²) in [5.41, 5.74) is 1.04. The van der Waals surface area contributed by atoms with Crippen LogP contribution in [0.15, 0.2) is 35.1 Å². The van der Waals surface area contributed by atoms with Crippen LogP contribution >= 0.6 is 11.6 Å². The lowest BCUT2D eigenvalue weighted by molar-refractivity contribution is 0.262. The van der Waals surface area contributed by atoms with Gasteiger partial charge >= 0.3 is 6.03 Å². The van der Waals surface area contributed by atoms with Gasteiger partial charge in [-0.3, -0.25) is 15.1 Å². The van der Waals surface area contributed by atoms with Crippen LogP contribution in [0.5, 0.6) is 5.75 Å². The number of methoxy groups -OCH3 is 1. The highest BCUT2D eigenvalue weighted by atomic mass is 35.5. The van der Waals surface area contributed by atoms with Crippen molar-refractivity contribution in [2.75, 3.05) is 17.7 Å². The number of ether oxygens (including phenoxy) is 1. The van der Waals surface area contributed by atoms with Gasteiger partial charge in [0.1, 0.15) is 11.6 Å². The van der Waals surface area contributed by atoms with Crippen LogP contribution in [0.4, 0.5) is 16.3 Å². The summed E-state index contributed by atoms with van der Waals surface area (Å²) in [6.45, 7) is 7.68. The molecular weight excluding hydrogens is 408 g/mol. The molecule has 1 aromatic carbocycles. The van der Waals surface area contributed by atoms with Crippen molar-refractivity contribution in [3.8, 4) is 11.7 Å². The molecule has 2 amide bonds. The van der Waals surface area contributed by atoms with Crippen LogP contribution in [0.2, 0.25) is 5.02 Å². The number of nitrogens with zero attached hydrogens (tertiary/aromatic N) is 3. The van der Waals surface area contributed by atoms with Crippen LogP contribution in [0.1, 0.15) is 32.2 Å². The summed E-state index contributed by atoms with van der Waals surface area (Å²) in [6.07, 6.45) is 0. The summed E-state index contributed by atoms with van der Waals surface area (Å²) >= 11 is 6.02. The molecule has 2 heterocycles. The second kappa shape index (κ2) is 8.19. The van der Waals surface area contributed by atoms with Gasteiger partial charge in [0.25, 0.3) is 5.56 Å². The first-order chi connectivity index (χ1) is 14.1. The van der Waals surface area contributed by atoms with Gasteiger partial charge in [-0.05, 0) is 25.1 Å². The summed E-state index contributed by atoms with van der Waals surface area (Å²) < 4.78 is 6.64. The third-order valence-corrected chi connectivity index (χ3v) is 4.42. The first-order valence-corrected chi connectivity index (χ1v) is 9.55. The van der Waals surface area contributed by atoms with E-state index < -0.39 is 6.03 Å². The third kappa shape index (κ3) is 4.80. The lowest BCUT2D eigenvalue weighted by Gasteiger charge is -2.13. The molecule has 0 aliphatic carbocycles. The molecule has 2 aromatic heterocycles. The number of halogens is 1. The van der Waals surface area contributed by atoms with Crippen LogP contribution in [-0.2, 0) is 5.41 Å². The Morgan fingerprint density at radius 3 is 2.57 bits per heavy atom. The van der Waals surface area contributed by atoms with Crippen molar-refractivity contribution < 1.29 is 9.53 Å². The van der Waals surface area contributed by atoms with E-state index in [0.29, 0.717) is 33.7 Å². The zero-order valence-electron chi connectivity index (χ0n) is 17.3. The summed E-state index contributed by atoms with van der Waals surface area (Å²) in [5.74, 6) is 1.00. The molecule has 0 aliphatic heterocycles. The van der Waals surface area contributed by atoms with Gasteiger partial charge in [-0.25, -0.2) is 9.78 Å². The predicted octanol–water partition coefficient (Wildman–Crippen LogP) is 3.87. The highest BCUT2D eigenvalue weighted by Crippen LogP contribution is 2.29. The molecule has 10 heteroatoms. The molecule has 0 atom stereocenters. The number of hydrogen-bond donors (Lipinski definition) is 3. The van der Waals surface area contributed by atoms with E-state index in [1.165, 1.54) is 17.9 Å². The highest BCUT2D eigenvalue weighted by molar-refractivity contribution is 6.31. The van der Waals surface area contributed by atoms with Crippen LogP contribution in [-0.4, -0.2) is 32.9 Å². The number of aryl methyl sites for hydroxylation is 1. The molecule has 0 unspecified atom stereocenters. The van der Waals surface area contributed by atoms with Crippen LogP contribution in [0.25, 0.3) is 5.95 Å². The molecule has 0 spiro atoms. The number of rotatable bonds is 4. The number of anilines is 2. The second-order valence-electron chi connectivity index (χ2n) is 7.71. The van der Waals surface area contributed by atoms with E-state index in [9.17, 15) is 9.59 Å². The molecule has 0 saturated carbocycles. The Balaban J connectivity index is 1.97. The van der Waals surface area contributed by atoms with E-state index in [1.807, 2.05) is 20.8 Å². The van der Waals surface area contributed by atoms with Crippen molar-refractivity contribution in [2.24, 2.45) is 0 Å². The largest absolute Gasteiger partial charge is 0.495 e. The number of amides is 2. The summed E-state index contributed by atoms with van der Waals surface area (Å²) in [6, 6.07) is 7.47. The Bertz CT molecular complexity index is 1150. The van der Waals surface area contributed by atoms with Gasteiger partial charge in [0, 0.05) is 28.3 Å². The molecule has 3 N–H and O–H groups in total. The van der Waals surface area contributed by atoms with E-state index in [1.54, 1.807) is 31.2 Å². The van der Waals surface area contributed by atoms with Crippen LogP contribution < -0.4 is 20.9 Å². The molecule has 0 saturated heterocycles. The monoisotopic (exact) mass is 430 g/mol. The number of aromatic amines is 1. The topological polar surface area (TPSA) is 114 Å². The number of aromatic nitrogens is 4. The Labute approximate surface area is 178 Å². The minimum absolute atomic E-state index is 0.200. The molecule has 0 bridgehead atoms. The SMILES string of the molecule is COc1ccc(Cl)cc1NC(=O)Nc1cc(C(C)(C)C)nn1-c1nc(C)cc(=O)[nH]1. The Kier molecular flexibility index (Phi) is 5.84. The number of carbonyl (C=O) groups excluding carboxylic acids is 1. The fourth-order valence-corrected chi connectivity index (χ4v) is 2.88. The first-order valence-electron chi connectivity index (χ1n) is 9.17. The second-order valence-corrected chi connectivity index (χ2v) is 8.15. The number of hydrogen-bond acceptors (Lipinski definition) is 5. The average molecular weight is 431 g/mol. The lowest BCUT2D eigenvalue weighted by Crippen LogP contribution is -2.23. The van der Waals surface area contributed by atoms with Crippen molar-refractivity contribution in [2.45, 2.75) is 33.1 Å². The maximum Gasteiger partial charge on any atom is 0.324 e. The Hall–Kier alpha value is -3.33. The number of carbonyl (C=O) groups is 1. The minimum atomic E-state index is -0.535. The summed E-state index contributed by atoms with van der Waals surface area (Å²) in [4.78, 5) is 31.6. The van der Waals surface area contributed by atoms with Crippen LogP contribution in [0, 0.1) is 6.92 Å². The van der Waals surface area contributed by atoms with Gasteiger partial charge < -0.3 is 10.1 Å². The van der Waals surface area contributed by atoms with Crippen molar-refractivity contribution in [3.63, 3.8) is 0 Å². The zero-order chi connectivity index (χ0) is 22.1. The molecule has 0 aliphatic rings. The fourth-order valence-electron chi connectivity index (χ4n) is 2.71. The lowest BCUT2D eigenvalue weighted by atomic mass is 9.92. The maximum absolute atomic E-state index is 12.7. The maximum atomic E-state index is 12.7. The Morgan fingerprint density at radius 1 is 1.20 bits per heavy atom.